The minimum atomic E-state index is 0.167. The van der Waals surface area contributed by atoms with Crippen molar-refractivity contribution in [2.45, 2.75) is 13.8 Å². The molecule has 0 fully saturated rings. The maximum absolute atomic E-state index is 9.44. The molecule has 0 unspecified atom stereocenters. The number of pyridine rings is 1. The maximum Gasteiger partial charge on any atom is 0.169 e. The number of nitrogens with two attached hydrogens (primary N) is 1. The van der Waals surface area contributed by atoms with Gasteiger partial charge in [0.15, 0.2) is 5.11 Å². The van der Waals surface area contributed by atoms with Gasteiger partial charge in [0.25, 0.3) is 0 Å². The Morgan fingerprint density at radius 2 is 1.95 bits per heavy atom. The molecule has 0 aliphatic heterocycles. The van der Waals surface area contributed by atoms with Crippen LogP contribution in [-0.4, -0.2) is 25.8 Å². The summed E-state index contributed by atoms with van der Waals surface area (Å²) in [6.07, 6.45) is 6.60. The number of nitrogens with one attached hydrogen (secondary N) is 1. The molecular formula is C13H15N5OS. The van der Waals surface area contributed by atoms with E-state index in [1.165, 1.54) is 13.8 Å². The van der Waals surface area contributed by atoms with E-state index in [4.69, 9.17) is 18.0 Å². The summed E-state index contributed by atoms with van der Waals surface area (Å²) in [6.45, 7) is 3.06. The van der Waals surface area contributed by atoms with Gasteiger partial charge in [-0.15, -0.1) is 0 Å². The lowest BCUT2D eigenvalue weighted by Gasteiger charge is -2.04. The summed E-state index contributed by atoms with van der Waals surface area (Å²) in [6, 6.07) is 3.65. The van der Waals surface area contributed by atoms with Crippen LogP contribution in [0.25, 0.3) is 11.3 Å². The smallest absolute Gasteiger partial charge is 0.169 e. The standard InChI is InChI=1S/C10H9N5S.C3H6O/c11-10(16)15-9-5-7(1-2-14-9)8-6-12-3-4-13-8;1-3(2)4/h1-6H,(H3,11,14,15,16);1-2H3. The number of anilines is 1. The van der Waals surface area contributed by atoms with Crippen molar-refractivity contribution in [1.82, 2.24) is 15.0 Å². The highest BCUT2D eigenvalue weighted by Gasteiger charge is 2.01. The van der Waals surface area contributed by atoms with Crippen LogP contribution in [0.1, 0.15) is 13.8 Å². The Balaban J connectivity index is 0.000000444. The molecule has 20 heavy (non-hydrogen) atoms. The largest absolute Gasteiger partial charge is 0.376 e. The first-order valence-electron chi connectivity index (χ1n) is 5.75. The molecule has 0 aliphatic carbocycles. The Morgan fingerprint density at radius 3 is 2.50 bits per heavy atom. The fraction of sp³-hybridized carbons (Fsp3) is 0.154. The summed E-state index contributed by atoms with van der Waals surface area (Å²) in [4.78, 5) is 21.7. The van der Waals surface area contributed by atoms with E-state index in [1.807, 2.05) is 12.1 Å². The van der Waals surface area contributed by atoms with Gasteiger partial charge in [-0.3, -0.25) is 9.97 Å². The molecule has 0 bridgehead atoms. The number of ketones is 1. The average Bonchev–Trinajstić information content (AvgIpc) is 2.39. The maximum atomic E-state index is 9.44. The molecule has 2 aromatic heterocycles. The van der Waals surface area contributed by atoms with Gasteiger partial charge in [0.1, 0.15) is 11.6 Å². The van der Waals surface area contributed by atoms with Crippen LogP contribution in [0, 0.1) is 0 Å². The number of nitrogens with zero attached hydrogens (tertiary/aromatic N) is 3. The minimum Gasteiger partial charge on any atom is -0.376 e. The van der Waals surface area contributed by atoms with E-state index < -0.39 is 0 Å². The second kappa shape index (κ2) is 7.90. The van der Waals surface area contributed by atoms with Gasteiger partial charge in [-0.25, -0.2) is 4.98 Å². The molecule has 0 aliphatic rings. The van der Waals surface area contributed by atoms with E-state index in [9.17, 15) is 4.79 Å². The Labute approximate surface area is 122 Å². The van der Waals surface area contributed by atoms with Crippen LogP contribution in [0.5, 0.6) is 0 Å². The van der Waals surface area contributed by atoms with Crippen LogP contribution >= 0.6 is 12.2 Å². The quantitative estimate of drug-likeness (QED) is 0.814. The number of rotatable bonds is 2. The average molecular weight is 289 g/mol. The van der Waals surface area contributed by atoms with Crippen LogP contribution in [-0.2, 0) is 4.79 Å². The molecule has 0 saturated heterocycles. The second-order valence-corrected chi connectivity index (χ2v) is 4.36. The van der Waals surface area contributed by atoms with Crippen molar-refractivity contribution >= 4 is 28.9 Å². The topological polar surface area (TPSA) is 93.8 Å². The van der Waals surface area contributed by atoms with Crippen molar-refractivity contribution in [2.24, 2.45) is 5.73 Å². The van der Waals surface area contributed by atoms with Crippen LogP contribution < -0.4 is 11.1 Å². The normalized spacial score (nSPS) is 9.10. The molecule has 0 saturated carbocycles. The molecule has 0 spiro atoms. The van der Waals surface area contributed by atoms with Gasteiger partial charge in [0.2, 0.25) is 0 Å². The number of thiocarbonyl (C=S) groups is 1. The van der Waals surface area contributed by atoms with Crippen molar-refractivity contribution in [3.05, 3.63) is 36.9 Å². The number of Topliss-reactive ketones (excluding diaryl/α,β-unsaturated/α-hetero) is 1. The van der Waals surface area contributed by atoms with Crippen LogP contribution in [0.4, 0.5) is 5.82 Å². The van der Waals surface area contributed by atoms with E-state index in [-0.39, 0.29) is 10.9 Å². The summed E-state index contributed by atoms with van der Waals surface area (Å²) in [5.41, 5.74) is 7.04. The van der Waals surface area contributed by atoms with Crippen molar-refractivity contribution in [2.75, 3.05) is 5.32 Å². The van der Waals surface area contributed by atoms with E-state index in [0.29, 0.717) is 5.82 Å². The molecule has 3 N–H and O–H groups in total. The highest BCUT2D eigenvalue weighted by atomic mass is 32.1. The summed E-state index contributed by atoms with van der Waals surface area (Å²) in [5.74, 6) is 0.760. The number of aromatic nitrogens is 3. The van der Waals surface area contributed by atoms with E-state index in [2.05, 4.69) is 20.3 Å². The highest BCUT2D eigenvalue weighted by molar-refractivity contribution is 7.80. The Kier molecular flexibility index (Phi) is 6.18. The van der Waals surface area contributed by atoms with Gasteiger partial charge in [-0.05, 0) is 38.2 Å². The van der Waals surface area contributed by atoms with Gasteiger partial charge in [-0.2, -0.15) is 0 Å². The molecule has 6 nitrogen and oxygen atoms in total. The van der Waals surface area contributed by atoms with Gasteiger partial charge in [-0.1, -0.05) is 0 Å². The Bertz CT molecular complexity index is 584. The molecule has 0 aromatic carbocycles. The SMILES string of the molecule is CC(C)=O.NC(=S)Nc1cc(-c2cnccn2)ccn1. The van der Waals surface area contributed by atoms with Gasteiger partial charge in [0, 0.05) is 24.2 Å². The van der Waals surface area contributed by atoms with Gasteiger partial charge < -0.3 is 15.8 Å². The molecular weight excluding hydrogens is 274 g/mol. The zero-order valence-electron chi connectivity index (χ0n) is 11.2. The first kappa shape index (κ1) is 15.6. The van der Waals surface area contributed by atoms with Crippen molar-refractivity contribution in [3.63, 3.8) is 0 Å². The molecule has 2 aromatic rings. The predicted molar refractivity (Wildman–Crippen MR) is 82.0 cm³/mol. The molecule has 2 heterocycles. The third-order valence-electron chi connectivity index (χ3n) is 1.87. The van der Waals surface area contributed by atoms with Crippen LogP contribution in [0.15, 0.2) is 36.9 Å². The Morgan fingerprint density at radius 1 is 1.25 bits per heavy atom. The van der Waals surface area contributed by atoms with Crippen molar-refractivity contribution in [3.8, 4) is 11.3 Å². The summed E-state index contributed by atoms with van der Waals surface area (Å²) < 4.78 is 0. The first-order valence-corrected chi connectivity index (χ1v) is 6.16. The van der Waals surface area contributed by atoms with E-state index in [0.717, 1.165) is 11.3 Å². The molecule has 0 atom stereocenters. The summed E-state index contributed by atoms with van der Waals surface area (Å²) in [7, 11) is 0. The lowest BCUT2D eigenvalue weighted by atomic mass is 10.2. The molecule has 7 heteroatoms. The zero-order valence-corrected chi connectivity index (χ0v) is 12.0. The van der Waals surface area contributed by atoms with Gasteiger partial charge >= 0.3 is 0 Å². The number of carbonyl (C=O) groups is 1. The van der Waals surface area contributed by atoms with Crippen LogP contribution in [0.2, 0.25) is 0 Å². The molecule has 2 rings (SSSR count). The summed E-state index contributed by atoms with van der Waals surface area (Å²) in [5, 5.41) is 2.95. The predicted octanol–water partition coefficient (Wildman–Crippen LogP) is 1.79. The lowest BCUT2D eigenvalue weighted by molar-refractivity contribution is -0.114. The van der Waals surface area contributed by atoms with Gasteiger partial charge in [0.05, 0.1) is 11.9 Å². The highest BCUT2D eigenvalue weighted by Crippen LogP contribution is 2.17. The number of hydrogen-bond acceptors (Lipinski definition) is 5. The fourth-order valence-corrected chi connectivity index (χ4v) is 1.34. The lowest BCUT2D eigenvalue weighted by Crippen LogP contribution is -2.19. The molecule has 0 amide bonds. The second-order valence-electron chi connectivity index (χ2n) is 3.92. The van der Waals surface area contributed by atoms with Crippen molar-refractivity contribution in [1.29, 1.82) is 0 Å². The van der Waals surface area contributed by atoms with Crippen molar-refractivity contribution < 1.29 is 4.79 Å². The first-order chi connectivity index (χ1) is 9.49. The minimum absolute atomic E-state index is 0.167. The van der Waals surface area contributed by atoms with E-state index in [1.54, 1.807) is 24.8 Å². The monoisotopic (exact) mass is 289 g/mol. The van der Waals surface area contributed by atoms with E-state index >= 15 is 0 Å². The molecule has 0 radical (unpaired) electrons. The third-order valence-corrected chi connectivity index (χ3v) is 1.97. The summed E-state index contributed by atoms with van der Waals surface area (Å²) >= 11 is 4.74. The Hall–Kier alpha value is -2.41. The third kappa shape index (κ3) is 5.96. The zero-order chi connectivity index (χ0) is 15.0. The fourth-order valence-electron chi connectivity index (χ4n) is 1.23. The van der Waals surface area contributed by atoms with Crippen LogP contribution in [0.3, 0.4) is 0 Å². The molecule has 104 valence electrons. The number of hydrogen-bond donors (Lipinski definition) is 2. The number of carbonyl (C=O) groups excluding carboxylic acids is 1.